The number of hydrogen-bond donors (Lipinski definition) is 2. The van der Waals surface area contributed by atoms with Gasteiger partial charge in [-0.05, 0) is 40.6 Å². The largest absolute Gasteiger partial charge is 0.507 e. The Hall–Kier alpha value is -3.85. The highest BCUT2D eigenvalue weighted by Gasteiger charge is 2.11. The minimum absolute atomic E-state index is 0.0869. The molecular weight excluding hydrogens is 352 g/mol. The average Bonchev–Trinajstić information content (AvgIpc) is 2.71. The van der Waals surface area contributed by atoms with Crippen LogP contribution in [-0.2, 0) is 0 Å². The van der Waals surface area contributed by atoms with Crippen molar-refractivity contribution in [3.8, 4) is 11.8 Å². The van der Waals surface area contributed by atoms with Gasteiger partial charge in [-0.25, -0.2) is 5.43 Å². The zero-order valence-electron chi connectivity index (χ0n) is 15.5. The molecule has 0 unspecified atom stereocenters. The SMILES string of the molecule is CN(CCC#N)c1ccc(/C=N\NC(=O)c2cc3ccccc3cc2O)cc1. The molecule has 3 aromatic rings. The van der Waals surface area contributed by atoms with Gasteiger partial charge in [0.1, 0.15) is 5.75 Å². The van der Waals surface area contributed by atoms with Gasteiger partial charge in [-0.15, -0.1) is 0 Å². The van der Waals surface area contributed by atoms with Gasteiger partial charge in [0, 0.05) is 19.3 Å². The Bertz CT molecular complexity index is 1050. The fourth-order valence-corrected chi connectivity index (χ4v) is 2.80. The lowest BCUT2D eigenvalue weighted by Crippen LogP contribution is -2.18. The maximum Gasteiger partial charge on any atom is 0.275 e. The van der Waals surface area contributed by atoms with Crippen LogP contribution in [0.3, 0.4) is 0 Å². The number of nitrogens with one attached hydrogen (secondary N) is 1. The van der Waals surface area contributed by atoms with Gasteiger partial charge in [-0.3, -0.25) is 4.79 Å². The lowest BCUT2D eigenvalue weighted by atomic mass is 10.1. The number of anilines is 1. The molecule has 0 radical (unpaired) electrons. The lowest BCUT2D eigenvalue weighted by Gasteiger charge is -2.17. The number of hydrogen-bond acceptors (Lipinski definition) is 5. The van der Waals surface area contributed by atoms with Gasteiger partial charge in [-0.2, -0.15) is 10.4 Å². The molecule has 0 saturated carbocycles. The van der Waals surface area contributed by atoms with Crippen LogP contribution in [0.1, 0.15) is 22.3 Å². The topological polar surface area (TPSA) is 88.7 Å². The fourth-order valence-electron chi connectivity index (χ4n) is 2.80. The van der Waals surface area contributed by atoms with Gasteiger partial charge in [0.15, 0.2) is 0 Å². The number of phenolic OH excluding ortho intramolecular Hbond substituents is 1. The molecule has 6 heteroatoms. The Balaban J connectivity index is 1.65. The molecule has 0 aromatic heterocycles. The Morgan fingerprint density at radius 1 is 1.18 bits per heavy atom. The summed E-state index contributed by atoms with van der Waals surface area (Å²) in [5.41, 5.74) is 4.43. The summed E-state index contributed by atoms with van der Waals surface area (Å²) in [7, 11) is 1.93. The van der Waals surface area contributed by atoms with Crippen LogP contribution in [0, 0.1) is 11.3 Å². The van der Waals surface area contributed by atoms with E-state index in [1.54, 1.807) is 12.1 Å². The summed E-state index contributed by atoms with van der Waals surface area (Å²) >= 11 is 0. The standard InChI is InChI=1S/C22H20N4O2/c1-26(12-4-11-23)19-9-7-16(8-10-19)15-24-25-22(28)20-13-17-5-2-3-6-18(17)14-21(20)27/h2-3,5-10,13-15,27H,4,12H2,1H3,(H,25,28)/b24-15-. The third kappa shape index (κ3) is 4.46. The average molecular weight is 372 g/mol. The molecule has 140 valence electrons. The molecule has 0 atom stereocenters. The van der Waals surface area contributed by atoms with Crippen LogP contribution in [0.2, 0.25) is 0 Å². The maximum atomic E-state index is 12.3. The van der Waals surface area contributed by atoms with Crippen molar-refractivity contribution in [2.75, 3.05) is 18.5 Å². The number of carbonyl (C=O) groups excluding carboxylic acids is 1. The number of phenols is 1. The molecule has 3 rings (SSSR count). The number of fused-ring (bicyclic) bond motifs is 1. The second-order valence-corrected chi connectivity index (χ2v) is 6.34. The fraction of sp³-hybridized carbons (Fsp3) is 0.136. The molecule has 1 amide bonds. The zero-order valence-corrected chi connectivity index (χ0v) is 15.5. The predicted octanol–water partition coefficient (Wildman–Crippen LogP) is 3.66. The van der Waals surface area contributed by atoms with Gasteiger partial charge in [0.25, 0.3) is 5.91 Å². The van der Waals surface area contributed by atoms with E-state index in [0.717, 1.165) is 22.0 Å². The van der Waals surface area contributed by atoms with Crippen LogP contribution in [-0.4, -0.2) is 30.8 Å². The van der Waals surface area contributed by atoms with Crippen LogP contribution in [0.25, 0.3) is 10.8 Å². The van der Waals surface area contributed by atoms with Gasteiger partial charge in [-0.1, -0.05) is 36.4 Å². The molecule has 0 aliphatic rings. The first-order valence-corrected chi connectivity index (χ1v) is 8.82. The molecule has 0 spiro atoms. The highest BCUT2D eigenvalue weighted by Crippen LogP contribution is 2.24. The Kier molecular flexibility index (Phi) is 5.87. The van der Waals surface area contributed by atoms with Crippen molar-refractivity contribution in [1.82, 2.24) is 5.43 Å². The van der Waals surface area contributed by atoms with E-state index in [1.165, 1.54) is 6.21 Å². The van der Waals surface area contributed by atoms with Crippen molar-refractivity contribution in [3.05, 3.63) is 71.8 Å². The number of carbonyl (C=O) groups is 1. The first-order chi connectivity index (χ1) is 13.6. The van der Waals surface area contributed by atoms with E-state index in [1.807, 2.05) is 60.5 Å². The van der Waals surface area contributed by atoms with E-state index in [4.69, 9.17) is 5.26 Å². The van der Waals surface area contributed by atoms with Crippen LogP contribution >= 0.6 is 0 Å². The number of aromatic hydroxyl groups is 1. The summed E-state index contributed by atoms with van der Waals surface area (Å²) < 4.78 is 0. The summed E-state index contributed by atoms with van der Waals surface area (Å²) in [4.78, 5) is 14.3. The van der Waals surface area contributed by atoms with Crippen LogP contribution in [0.15, 0.2) is 65.8 Å². The quantitative estimate of drug-likeness (QED) is 0.510. The van der Waals surface area contributed by atoms with E-state index in [2.05, 4.69) is 16.6 Å². The van der Waals surface area contributed by atoms with Gasteiger partial charge in [0.05, 0.1) is 24.3 Å². The van der Waals surface area contributed by atoms with Crippen LogP contribution < -0.4 is 10.3 Å². The number of rotatable bonds is 6. The number of nitriles is 1. The van der Waals surface area contributed by atoms with Gasteiger partial charge < -0.3 is 10.0 Å². The molecule has 0 aliphatic carbocycles. The number of benzene rings is 3. The van der Waals surface area contributed by atoms with E-state index in [9.17, 15) is 9.90 Å². The summed E-state index contributed by atoms with van der Waals surface area (Å²) in [6.07, 6.45) is 2.00. The molecule has 3 aromatic carbocycles. The molecule has 0 aliphatic heterocycles. The maximum absolute atomic E-state index is 12.3. The highest BCUT2D eigenvalue weighted by atomic mass is 16.3. The van der Waals surface area contributed by atoms with Crippen LogP contribution in [0.4, 0.5) is 5.69 Å². The van der Waals surface area contributed by atoms with Crippen molar-refractivity contribution in [3.63, 3.8) is 0 Å². The van der Waals surface area contributed by atoms with Crippen LogP contribution in [0.5, 0.6) is 5.75 Å². The van der Waals surface area contributed by atoms with Crippen molar-refractivity contribution in [1.29, 1.82) is 5.26 Å². The Morgan fingerprint density at radius 2 is 1.86 bits per heavy atom. The van der Waals surface area contributed by atoms with E-state index < -0.39 is 5.91 Å². The first-order valence-electron chi connectivity index (χ1n) is 8.82. The smallest absolute Gasteiger partial charge is 0.275 e. The summed E-state index contributed by atoms with van der Waals surface area (Å²) in [6, 6.07) is 20.4. The molecular formula is C22H20N4O2. The van der Waals surface area contributed by atoms with E-state index in [-0.39, 0.29) is 11.3 Å². The van der Waals surface area contributed by atoms with Crippen molar-refractivity contribution in [2.24, 2.45) is 5.10 Å². The van der Waals surface area contributed by atoms with Crippen molar-refractivity contribution < 1.29 is 9.90 Å². The second-order valence-electron chi connectivity index (χ2n) is 6.34. The normalized spacial score (nSPS) is 10.7. The lowest BCUT2D eigenvalue weighted by molar-refractivity contribution is 0.0952. The van der Waals surface area contributed by atoms with E-state index >= 15 is 0 Å². The zero-order chi connectivity index (χ0) is 19.9. The molecule has 0 bridgehead atoms. The second kappa shape index (κ2) is 8.69. The molecule has 6 nitrogen and oxygen atoms in total. The molecule has 0 fully saturated rings. The highest BCUT2D eigenvalue weighted by molar-refractivity contribution is 6.01. The molecule has 0 saturated heterocycles. The molecule has 0 heterocycles. The van der Waals surface area contributed by atoms with Crippen molar-refractivity contribution in [2.45, 2.75) is 6.42 Å². The number of hydrazone groups is 1. The number of amides is 1. The summed E-state index contributed by atoms with van der Waals surface area (Å²) in [5.74, 6) is -0.566. The Labute approximate surface area is 163 Å². The first kappa shape index (κ1) is 18.9. The number of nitrogens with zero attached hydrogens (tertiary/aromatic N) is 3. The van der Waals surface area contributed by atoms with Crippen molar-refractivity contribution >= 4 is 28.6 Å². The minimum atomic E-state index is -0.479. The van der Waals surface area contributed by atoms with Gasteiger partial charge in [0.2, 0.25) is 0 Å². The molecule has 2 N–H and O–H groups in total. The predicted molar refractivity (Wildman–Crippen MR) is 111 cm³/mol. The summed E-state index contributed by atoms with van der Waals surface area (Å²) in [5, 5.41) is 24.5. The van der Waals surface area contributed by atoms with Gasteiger partial charge >= 0.3 is 0 Å². The Morgan fingerprint density at radius 3 is 2.54 bits per heavy atom. The monoisotopic (exact) mass is 372 g/mol. The van der Waals surface area contributed by atoms with E-state index in [0.29, 0.717) is 13.0 Å². The third-order valence-electron chi connectivity index (χ3n) is 4.38. The molecule has 28 heavy (non-hydrogen) atoms. The summed E-state index contributed by atoms with van der Waals surface area (Å²) in [6.45, 7) is 0.662. The third-order valence-corrected chi connectivity index (χ3v) is 4.38. The minimum Gasteiger partial charge on any atom is -0.507 e.